The summed E-state index contributed by atoms with van der Waals surface area (Å²) >= 11 is 12.0. The maximum absolute atomic E-state index is 9.64. The molecule has 0 amide bonds. The lowest BCUT2D eigenvalue weighted by molar-refractivity contribution is 0.169. The Balaban J connectivity index is 2.01. The summed E-state index contributed by atoms with van der Waals surface area (Å²) < 4.78 is 0. The van der Waals surface area contributed by atoms with Gasteiger partial charge in [0.05, 0.1) is 16.7 Å². The third-order valence-electron chi connectivity index (χ3n) is 4.50. The minimum absolute atomic E-state index is 0.0163. The van der Waals surface area contributed by atoms with E-state index >= 15 is 0 Å². The van der Waals surface area contributed by atoms with Crippen molar-refractivity contribution in [3.8, 4) is 0 Å². The van der Waals surface area contributed by atoms with Crippen molar-refractivity contribution < 1.29 is 5.11 Å². The zero-order valence-corrected chi connectivity index (χ0v) is 11.0. The van der Waals surface area contributed by atoms with Gasteiger partial charge in [0, 0.05) is 17.4 Å². The van der Waals surface area contributed by atoms with E-state index in [4.69, 9.17) is 23.2 Å². The van der Waals surface area contributed by atoms with Crippen LogP contribution in [-0.2, 0) is 5.41 Å². The Morgan fingerprint density at radius 2 is 2.12 bits per heavy atom. The van der Waals surface area contributed by atoms with Crippen molar-refractivity contribution in [3.05, 3.63) is 33.8 Å². The van der Waals surface area contributed by atoms with Gasteiger partial charge in [0.1, 0.15) is 0 Å². The highest BCUT2D eigenvalue weighted by molar-refractivity contribution is 6.42. The quantitative estimate of drug-likeness (QED) is 0.867. The number of hydrogen-bond acceptors (Lipinski definition) is 2. The van der Waals surface area contributed by atoms with Crippen LogP contribution in [0.4, 0.5) is 0 Å². The molecule has 2 nitrogen and oxygen atoms in total. The number of rotatable bonds is 2. The molecule has 2 fully saturated rings. The minimum Gasteiger partial charge on any atom is -0.396 e. The number of benzene rings is 1. The topological polar surface area (TPSA) is 32.3 Å². The Bertz CT molecular complexity index is 465. The molecule has 1 aliphatic heterocycles. The fourth-order valence-electron chi connectivity index (χ4n) is 3.36. The molecule has 0 bridgehead atoms. The van der Waals surface area contributed by atoms with Crippen LogP contribution in [0.1, 0.15) is 18.4 Å². The van der Waals surface area contributed by atoms with Crippen LogP contribution in [-0.4, -0.2) is 24.8 Å². The van der Waals surface area contributed by atoms with E-state index in [2.05, 4.69) is 11.4 Å². The SMILES string of the molecule is OC[C@@]12CNCC[C@]1(c1ccc(Cl)c(Cl)c1)C2. The van der Waals surface area contributed by atoms with E-state index < -0.39 is 0 Å². The molecule has 0 unspecified atom stereocenters. The Labute approximate surface area is 111 Å². The van der Waals surface area contributed by atoms with E-state index in [9.17, 15) is 5.11 Å². The van der Waals surface area contributed by atoms with Gasteiger partial charge in [-0.1, -0.05) is 29.3 Å². The molecule has 1 heterocycles. The lowest BCUT2D eigenvalue weighted by Gasteiger charge is -2.30. The summed E-state index contributed by atoms with van der Waals surface area (Å²) in [5, 5.41) is 14.2. The maximum atomic E-state index is 9.64. The third kappa shape index (κ3) is 1.55. The second-order valence-corrected chi connectivity index (χ2v) is 6.07. The molecule has 1 saturated carbocycles. The predicted molar refractivity (Wildman–Crippen MR) is 69.8 cm³/mol. The number of halogens is 2. The first kappa shape index (κ1) is 11.8. The number of nitrogens with one attached hydrogen (secondary N) is 1. The van der Waals surface area contributed by atoms with Gasteiger partial charge in [0.25, 0.3) is 0 Å². The lowest BCUT2D eigenvalue weighted by atomic mass is 9.81. The van der Waals surface area contributed by atoms with Crippen molar-refractivity contribution in [2.24, 2.45) is 5.41 Å². The Morgan fingerprint density at radius 3 is 2.82 bits per heavy atom. The summed E-state index contributed by atoms with van der Waals surface area (Å²) in [4.78, 5) is 0. The summed E-state index contributed by atoms with van der Waals surface area (Å²) in [6.45, 7) is 2.13. The molecule has 0 aromatic heterocycles. The smallest absolute Gasteiger partial charge is 0.0595 e. The molecule has 0 radical (unpaired) electrons. The van der Waals surface area contributed by atoms with Gasteiger partial charge in [-0.15, -0.1) is 0 Å². The third-order valence-corrected chi connectivity index (χ3v) is 5.24. The van der Waals surface area contributed by atoms with Crippen LogP contribution >= 0.6 is 23.2 Å². The van der Waals surface area contributed by atoms with Gasteiger partial charge in [-0.05, 0) is 37.1 Å². The maximum Gasteiger partial charge on any atom is 0.0595 e. The number of fused-ring (bicyclic) bond motifs is 1. The zero-order chi connectivity index (χ0) is 12.1. The largest absolute Gasteiger partial charge is 0.396 e. The van der Waals surface area contributed by atoms with Crippen LogP contribution in [0.5, 0.6) is 0 Å². The summed E-state index contributed by atoms with van der Waals surface area (Å²) in [7, 11) is 0. The van der Waals surface area contributed by atoms with Crippen molar-refractivity contribution in [2.45, 2.75) is 18.3 Å². The Hall–Kier alpha value is -0.280. The van der Waals surface area contributed by atoms with Crippen molar-refractivity contribution in [2.75, 3.05) is 19.7 Å². The normalized spacial score (nSPS) is 35.5. The monoisotopic (exact) mass is 271 g/mol. The van der Waals surface area contributed by atoms with Crippen LogP contribution in [0.25, 0.3) is 0 Å². The van der Waals surface area contributed by atoms with E-state index in [1.54, 1.807) is 0 Å². The zero-order valence-electron chi connectivity index (χ0n) is 9.47. The van der Waals surface area contributed by atoms with E-state index in [1.165, 1.54) is 5.56 Å². The summed E-state index contributed by atoms with van der Waals surface area (Å²) in [5.74, 6) is 0. The van der Waals surface area contributed by atoms with E-state index in [-0.39, 0.29) is 17.4 Å². The van der Waals surface area contributed by atoms with Crippen molar-refractivity contribution in [1.82, 2.24) is 5.32 Å². The molecular weight excluding hydrogens is 257 g/mol. The van der Waals surface area contributed by atoms with Crippen molar-refractivity contribution >= 4 is 23.2 Å². The Kier molecular flexibility index (Phi) is 2.67. The summed E-state index contributed by atoms with van der Waals surface area (Å²) in [6.07, 6.45) is 2.10. The standard InChI is InChI=1S/C13H15Cl2NO/c14-10-2-1-9(5-11(10)15)13-3-4-16-7-12(13,6-13)8-17/h1-2,5,16-17H,3-4,6-8H2/t12-,13-/m1/s1. The van der Waals surface area contributed by atoms with E-state index in [0.29, 0.717) is 10.0 Å². The number of aliphatic hydroxyl groups excluding tert-OH is 1. The molecule has 17 heavy (non-hydrogen) atoms. The summed E-state index contributed by atoms with van der Waals surface area (Å²) in [6, 6.07) is 5.88. The van der Waals surface area contributed by atoms with Crippen molar-refractivity contribution in [3.63, 3.8) is 0 Å². The van der Waals surface area contributed by atoms with Crippen LogP contribution in [0, 0.1) is 5.41 Å². The molecule has 1 aromatic carbocycles. The van der Waals surface area contributed by atoms with Crippen LogP contribution in [0.3, 0.4) is 0 Å². The van der Waals surface area contributed by atoms with E-state index in [1.807, 2.05) is 12.1 Å². The molecule has 92 valence electrons. The molecule has 1 saturated heterocycles. The van der Waals surface area contributed by atoms with E-state index in [0.717, 1.165) is 25.9 Å². The predicted octanol–water partition coefficient (Wildman–Crippen LogP) is 2.61. The highest BCUT2D eigenvalue weighted by Crippen LogP contribution is 2.67. The molecule has 3 rings (SSSR count). The molecule has 4 heteroatoms. The highest BCUT2D eigenvalue weighted by atomic mass is 35.5. The number of piperidine rings is 1. The molecule has 2 atom stereocenters. The fourth-order valence-corrected chi connectivity index (χ4v) is 3.66. The summed E-state index contributed by atoms with van der Waals surface area (Å²) in [5.41, 5.74) is 1.35. The van der Waals surface area contributed by atoms with Gasteiger partial charge in [-0.3, -0.25) is 0 Å². The number of hydrogen-bond donors (Lipinski definition) is 2. The molecule has 2 N–H and O–H groups in total. The first-order chi connectivity index (χ1) is 8.13. The van der Waals surface area contributed by atoms with Crippen LogP contribution in [0.2, 0.25) is 10.0 Å². The number of aliphatic hydroxyl groups is 1. The van der Waals surface area contributed by atoms with Gasteiger partial charge in [-0.2, -0.15) is 0 Å². The highest BCUT2D eigenvalue weighted by Gasteiger charge is 2.68. The van der Waals surface area contributed by atoms with Gasteiger partial charge >= 0.3 is 0 Å². The molecule has 0 spiro atoms. The van der Waals surface area contributed by atoms with Gasteiger partial charge < -0.3 is 10.4 Å². The first-order valence-corrected chi connectivity index (χ1v) is 6.66. The lowest BCUT2D eigenvalue weighted by Crippen LogP contribution is -2.40. The first-order valence-electron chi connectivity index (χ1n) is 5.91. The molecule has 2 aliphatic rings. The van der Waals surface area contributed by atoms with Crippen molar-refractivity contribution in [1.29, 1.82) is 0 Å². The second kappa shape index (κ2) is 3.86. The van der Waals surface area contributed by atoms with Crippen LogP contribution in [0.15, 0.2) is 18.2 Å². The molecule has 1 aliphatic carbocycles. The average Bonchev–Trinajstić information content (AvgIpc) is 3.04. The molecular formula is C13H15Cl2NO. The van der Waals surface area contributed by atoms with Gasteiger partial charge in [-0.25, -0.2) is 0 Å². The fraction of sp³-hybridized carbons (Fsp3) is 0.538. The van der Waals surface area contributed by atoms with Gasteiger partial charge in [0.15, 0.2) is 0 Å². The minimum atomic E-state index is 0.0163. The average molecular weight is 272 g/mol. The Morgan fingerprint density at radius 1 is 1.29 bits per heavy atom. The second-order valence-electron chi connectivity index (χ2n) is 5.25. The van der Waals surface area contributed by atoms with Gasteiger partial charge in [0.2, 0.25) is 0 Å². The molecule has 1 aromatic rings. The van der Waals surface area contributed by atoms with Crippen LogP contribution < -0.4 is 5.32 Å².